The monoisotopic (exact) mass is 934 g/mol. The van der Waals surface area contributed by atoms with E-state index in [1.165, 1.54) is 15.8 Å². The van der Waals surface area contributed by atoms with Crippen molar-refractivity contribution in [3.05, 3.63) is 53.8 Å². The number of aliphatic hydroxyl groups is 2. The number of allylic oxidation sites excluding steroid dienone is 3. The average Bonchev–Trinajstić information content (AvgIpc) is 3.69. The minimum absolute atomic E-state index is 0.0342. The third kappa shape index (κ3) is 11.6. The summed E-state index contributed by atoms with van der Waals surface area (Å²) in [6.07, 6.45) is 7.43. The van der Waals surface area contributed by atoms with Crippen molar-refractivity contribution >= 4 is 40.0 Å². The molecule has 14 unspecified atom stereocenters. The van der Waals surface area contributed by atoms with Crippen molar-refractivity contribution in [3.8, 4) is 0 Å². The Kier molecular flexibility index (Phi) is 17.7. The number of Topliss-reactive ketones (excluding diaryl/α,β-unsaturated/α-hetero) is 2. The van der Waals surface area contributed by atoms with Gasteiger partial charge in [0.1, 0.15) is 24.0 Å². The first-order valence-corrected chi connectivity index (χ1v) is 24.7. The molecule has 14 heteroatoms. The second-order valence-corrected chi connectivity index (χ2v) is 20.4. The standard InChI is InChI=1S/C53H79N3O11/c1-12-37-24-31(2)23-32(3)25-46(64-10)49-47(65-11)27-34(5)53(62,67-49)50(59)51(60)56-21-14-13-15-42(56)52(61)66-48(35(6)43(57)30-44(37)58)33(4)26-36-16-18-41(45(28-36)63-9)55(8)39-17-19-40-38(29-39)20-22-54(40)7/h17,19-20,22,24,26,29,32,34-37,41-43,45-49,57,62H,12-16,18,21,23,25,27-28,30H2,1-11H3. The fourth-order valence-corrected chi connectivity index (χ4v) is 11.5. The molecule has 3 aliphatic heterocycles. The highest BCUT2D eigenvalue weighted by Crippen LogP contribution is 2.40. The van der Waals surface area contributed by atoms with E-state index in [0.29, 0.717) is 38.5 Å². The number of aryl methyl sites for hydroxylation is 1. The summed E-state index contributed by atoms with van der Waals surface area (Å²) in [5.41, 5.74) is 4.00. The molecule has 14 atom stereocenters. The zero-order valence-electron chi connectivity index (χ0n) is 41.9. The summed E-state index contributed by atoms with van der Waals surface area (Å²) in [5.74, 6) is -7.37. The van der Waals surface area contributed by atoms with Crippen molar-refractivity contribution in [2.24, 2.45) is 36.6 Å². The number of amides is 1. The zero-order chi connectivity index (χ0) is 48.9. The van der Waals surface area contributed by atoms with Gasteiger partial charge >= 0.3 is 5.97 Å². The summed E-state index contributed by atoms with van der Waals surface area (Å²) in [6.45, 7) is 11.4. The second-order valence-electron chi connectivity index (χ2n) is 20.4. The van der Waals surface area contributed by atoms with E-state index in [1.54, 1.807) is 35.2 Å². The molecule has 1 aromatic carbocycles. The van der Waals surface area contributed by atoms with E-state index in [-0.39, 0.29) is 55.6 Å². The second kappa shape index (κ2) is 22.7. The first kappa shape index (κ1) is 52.5. The van der Waals surface area contributed by atoms with Crippen LogP contribution in [0.4, 0.5) is 5.69 Å². The van der Waals surface area contributed by atoms with Gasteiger partial charge in [0, 0.05) is 88.9 Å². The molecule has 372 valence electrons. The van der Waals surface area contributed by atoms with Crippen LogP contribution in [0.15, 0.2) is 53.8 Å². The maximum Gasteiger partial charge on any atom is 0.329 e. The number of ketones is 2. The summed E-state index contributed by atoms with van der Waals surface area (Å²) >= 11 is 0. The summed E-state index contributed by atoms with van der Waals surface area (Å²) in [7, 11) is 8.98. The fraction of sp³-hybridized carbons (Fsp3) is 0.698. The van der Waals surface area contributed by atoms with Gasteiger partial charge in [-0.15, -0.1) is 0 Å². The largest absolute Gasteiger partial charge is 0.456 e. The number of ether oxygens (including phenoxy) is 5. The SMILES string of the molecule is CCC1C=C(C)CC(C)CC(OC)C2OC(O)(C(=O)C(=O)N3CCCCC3C(=O)OC(C(C)=CC3CCC(N(C)c4ccc5c(ccn5C)c4)C(OC)C3)C(C)C(O)CC1=O)C(C)CC2OC. The molecule has 2 bridgehead atoms. The van der Waals surface area contributed by atoms with Gasteiger partial charge in [-0.05, 0) is 120 Å². The molecule has 1 saturated carbocycles. The van der Waals surface area contributed by atoms with E-state index in [1.807, 2.05) is 33.9 Å². The van der Waals surface area contributed by atoms with E-state index < -0.39 is 77.8 Å². The zero-order valence-corrected chi connectivity index (χ0v) is 41.9. The van der Waals surface area contributed by atoms with Crippen LogP contribution >= 0.6 is 0 Å². The Balaban J connectivity index is 1.31. The number of cyclic esters (lactones) is 1. The minimum atomic E-state index is -2.50. The van der Waals surface area contributed by atoms with Crippen LogP contribution in [0.3, 0.4) is 0 Å². The molecule has 0 radical (unpaired) electrons. The Morgan fingerprint density at radius 1 is 0.940 bits per heavy atom. The van der Waals surface area contributed by atoms with E-state index in [4.69, 9.17) is 23.7 Å². The topological polar surface area (TPSA) is 166 Å². The maximum absolute atomic E-state index is 14.6. The Bertz CT molecular complexity index is 2120. The van der Waals surface area contributed by atoms with Gasteiger partial charge in [-0.2, -0.15) is 0 Å². The number of nitrogens with zero attached hydrogens (tertiary/aromatic N) is 3. The van der Waals surface area contributed by atoms with Crippen LogP contribution in [-0.2, 0) is 49.9 Å². The summed E-state index contributed by atoms with van der Waals surface area (Å²) in [5, 5.41) is 25.2. The van der Waals surface area contributed by atoms with E-state index in [9.17, 15) is 29.4 Å². The van der Waals surface area contributed by atoms with Crippen molar-refractivity contribution in [3.63, 3.8) is 0 Å². The number of aliphatic hydroxyl groups excluding tert-OH is 1. The molecule has 67 heavy (non-hydrogen) atoms. The molecule has 1 aliphatic carbocycles. The Morgan fingerprint density at radius 2 is 1.64 bits per heavy atom. The Hall–Kier alpha value is -3.92. The maximum atomic E-state index is 14.6. The lowest BCUT2D eigenvalue weighted by Crippen LogP contribution is -2.64. The molecular weight excluding hydrogens is 855 g/mol. The predicted octanol–water partition coefficient (Wildman–Crippen LogP) is 7.11. The number of hydrogen-bond donors (Lipinski definition) is 2. The fourth-order valence-electron chi connectivity index (χ4n) is 11.5. The number of anilines is 1. The molecule has 4 heterocycles. The molecule has 2 saturated heterocycles. The lowest BCUT2D eigenvalue weighted by atomic mass is 9.80. The van der Waals surface area contributed by atoms with Gasteiger partial charge in [0.05, 0.1) is 30.5 Å². The third-order valence-corrected chi connectivity index (χ3v) is 15.7. The van der Waals surface area contributed by atoms with E-state index >= 15 is 0 Å². The third-order valence-electron chi connectivity index (χ3n) is 15.7. The van der Waals surface area contributed by atoms with Gasteiger partial charge in [0.15, 0.2) is 0 Å². The molecule has 14 nitrogen and oxygen atoms in total. The summed E-state index contributed by atoms with van der Waals surface area (Å²) < 4.78 is 32.8. The summed E-state index contributed by atoms with van der Waals surface area (Å²) in [4.78, 5) is 60.9. The van der Waals surface area contributed by atoms with E-state index in [0.717, 1.165) is 29.7 Å². The lowest BCUT2D eigenvalue weighted by Gasteiger charge is -2.47. The highest BCUT2D eigenvalue weighted by molar-refractivity contribution is 6.39. The van der Waals surface area contributed by atoms with Gasteiger partial charge in [-0.3, -0.25) is 14.4 Å². The lowest BCUT2D eigenvalue weighted by molar-refractivity contribution is -0.302. The van der Waals surface area contributed by atoms with Crippen molar-refractivity contribution in [2.45, 2.75) is 167 Å². The predicted molar refractivity (Wildman–Crippen MR) is 257 cm³/mol. The first-order valence-electron chi connectivity index (χ1n) is 24.7. The number of esters is 1. The number of hydrogen-bond acceptors (Lipinski definition) is 12. The molecule has 1 amide bonds. The van der Waals surface area contributed by atoms with Gasteiger partial charge in [-0.1, -0.05) is 45.4 Å². The number of carbonyl (C=O) groups is 4. The van der Waals surface area contributed by atoms with Gasteiger partial charge < -0.3 is 48.3 Å². The molecule has 2 aromatic rings. The Morgan fingerprint density at radius 3 is 2.33 bits per heavy atom. The molecule has 2 N–H and O–H groups in total. The molecule has 1 aromatic heterocycles. The average molecular weight is 934 g/mol. The molecular formula is C53H79N3O11. The number of rotatable bonds is 8. The highest BCUT2D eigenvalue weighted by Gasteiger charge is 2.56. The molecule has 4 aliphatic rings. The number of carbonyl (C=O) groups excluding carboxylic acids is 4. The van der Waals surface area contributed by atoms with Crippen molar-refractivity contribution in [2.75, 3.05) is 39.8 Å². The number of aromatic nitrogens is 1. The minimum Gasteiger partial charge on any atom is -0.456 e. The van der Waals surface area contributed by atoms with Gasteiger partial charge in [0.2, 0.25) is 5.79 Å². The molecule has 3 fully saturated rings. The van der Waals surface area contributed by atoms with Crippen LogP contribution in [-0.4, -0.2) is 133 Å². The van der Waals surface area contributed by atoms with Gasteiger partial charge in [-0.25, -0.2) is 4.79 Å². The van der Waals surface area contributed by atoms with Crippen LogP contribution in [0.5, 0.6) is 0 Å². The van der Waals surface area contributed by atoms with Crippen LogP contribution in [0.25, 0.3) is 10.9 Å². The number of methoxy groups -OCH3 is 3. The van der Waals surface area contributed by atoms with E-state index in [2.05, 4.69) is 60.0 Å². The van der Waals surface area contributed by atoms with Crippen molar-refractivity contribution in [1.29, 1.82) is 0 Å². The number of benzene rings is 1. The van der Waals surface area contributed by atoms with Crippen molar-refractivity contribution < 1.29 is 53.1 Å². The van der Waals surface area contributed by atoms with Crippen LogP contribution < -0.4 is 4.90 Å². The smallest absolute Gasteiger partial charge is 0.329 e. The van der Waals surface area contributed by atoms with Gasteiger partial charge in [0.25, 0.3) is 11.7 Å². The van der Waals surface area contributed by atoms with Crippen LogP contribution in [0.2, 0.25) is 0 Å². The molecule has 0 spiro atoms. The molecule has 6 rings (SSSR count). The highest BCUT2D eigenvalue weighted by atomic mass is 16.7. The normalized spacial score (nSPS) is 36.0. The van der Waals surface area contributed by atoms with Crippen molar-refractivity contribution in [1.82, 2.24) is 9.47 Å². The Labute approximate surface area is 398 Å². The van der Waals surface area contributed by atoms with Crippen LogP contribution in [0, 0.1) is 29.6 Å². The number of fused-ring (bicyclic) bond motifs is 4. The summed E-state index contributed by atoms with van der Waals surface area (Å²) in [6, 6.07) is 7.61. The number of likely N-dealkylation sites (N-methyl/N-ethyl adjacent to an activating group) is 1. The first-order chi connectivity index (χ1) is 31.8. The van der Waals surface area contributed by atoms with Crippen LogP contribution in [0.1, 0.15) is 112 Å². The number of piperidine rings is 1. The quantitative estimate of drug-likeness (QED) is 0.157.